The monoisotopic (exact) mass is 286 g/mol. The first-order chi connectivity index (χ1) is 10.1. The Balaban J connectivity index is 2.31. The second-order valence-corrected chi connectivity index (χ2v) is 5.29. The summed E-state index contributed by atoms with van der Waals surface area (Å²) >= 11 is 0. The predicted octanol–water partition coefficient (Wildman–Crippen LogP) is 2.72. The highest BCUT2D eigenvalue weighted by Crippen LogP contribution is 2.20. The fourth-order valence-electron chi connectivity index (χ4n) is 2.35. The molecular formula is C16H22N4O. The maximum Gasteiger partial charge on any atom is 0.273 e. The van der Waals surface area contributed by atoms with Gasteiger partial charge >= 0.3 is 0 Å². The van der Waals surface area contributed by atoms with Crippen molar-refractivity contribution in [2.45, 2.75) is 40.5 Å². The van der Waals surface area contributed by atoms with Gasteiger partial charge in [-0.15, -0.1) is 5.10 Å². The number of hydrogen-bond acceptors (Lipinski definition) is 3. The van der Waals surface area contributed by atoms with Crippen molar-refractivity contribution in [2.24, 2.45) is 0 Å². The summed E-state index contributed by atoms with van der Waals surface area (Å²) in [7, 11) is 0. The third kappa shape index (κ3) is 3.12. The highest BCUT2D eigenvalue weighted by atomic mass is 16.2. The van der Waals surface area contributed by atoms with Crippen molar-refractivity contribution in [3.05, 3.63) is 40.7 Å². The van der Waals surface area contributed by atoms with Crippen LogP contribution in [0.2, 0.25) is 0 Å². The van der Waals surface area contributed by atoms with Gasteiger partial charge in [0, 0.05) is 6.54 Å². The summed E-state index contributed by atoms with van der Waals surface area (Å²) in [5.74, 6) is -0.154. The molecule has 0 atom stereocenters. The van der Waals surface area contributed by atoms with Crippen molar-refractivity contribution >= 4 is 5.91 Å². The lowest BCUT2D eigenvalue weighted by molar-refractivity contribution is 0.0947. The van der Waals surface area contributed by atoms with Gasteiger partial charge in [-0.2, -0.15) is 0 Å². The van der Waals surface area contributed by atoms with E-state index in [0.717, 1.165) is 35.3 Å². The molecule has 2 rings (SSSR count). The highest BCUT2D eigenvalue weighted by Gasteiger charge is 2.18. The molecule has 0 spiro atoms. The number of carbonyl (C=O) groups is 1. The van der Waals surface area contributed by atoms with Crippen LogP contribution < -0.4 is 5.32 Å². The number of hydrogen-bond donors (Lipinski definition) is 1. The van der Waals surface area contributed by atoms with E-state index in [1.165, 1.54) is 0 Å². The molecule has 1 aromatic carbocycles. The minimum absolute atomic E-state index is 0.154. The lowest BCUT2D eigenvalue weighted by Crippen LogP contribution is -2.25. The van der Waals surface area contributed by atoms with Crippen molar-refractivity contribution in [2.75, 3.05) is 6.54 Å². The Hall–Kier alpha value is -2.17. The third-order valence-corrected chi connectivity index (χ3v) is 3.58. The maximum absolute atomic E-state index is 12.1. The quantitative estimate of drug-likeness (QED) is 0.860. The van der Waals surface area contributed by atoms with E-state index in [1.807, 2.05) is 39.0 Å². The largest absolute Gasteiger partial charge is 0.351 e. The lowest BCUT2D eigenvalue weighted by Gasteiger charge is -2.10. The molecule has 0 radical (unpaired) electrons. The van der Waals surface area contributed by atoms with Gasteiger partial charge in [0.05, 0.1) is 11.4 Å². The Bertz CT molecular complexity index is 625. The molecule has 0 aliphatic carbocycles. The van der Waals surface area contributed by atoms with Crippen LogP contribution in [0.5, 0.6) is 0 Å². The first kappa shape index (κ1) is 15.2. The summed E-state index contributed by atoms with van der Waals surface area (Å²) in [5.41, 5.74) is 4.38. The smallest absolute Gasteiger partial charge is 0.273 e. The van der Waals surface area contributed by atoms with Gasteiger partial charge in [0.25, 0.3) is 5.91 Å². The summed E-state index contributed by atoms with van der Waals surface area (Å²) in [6.07, 6.45) is 2.02. The first-order valence-corrected chi connectivity index (χ1v) is 7.33. The highest BCUT2D eigenvalue weighted by molar-refractivity contribution is 5.93. The van der Waals surface area contributed by atoms with Gasteiger partial charge in [0.15, 0.2) is 5.69 Å². The van der Waals surface area contributed by atoms with Crippen LogP contribution in [0.1, 0.15) is 47.1 Å². The molecule has 21 heavy (non-hydrogen) atoms. The van der Waals surface area contributed by atoms with Gasteiger partial charge < -0.3 is 5.32 Å². The molecule has 0 fully saturated rings. The van der Waals surface area contributed by atoms with E-state index in [1.54, 1.807) is 4.68 Å². The Morgan fingerprint density at radius 2 is 1.90 bits per heavy atom. The van der Waals surface area contributed by atoms with Crippen molar-refractivity contribution in [1.82, 2.24) is 20.3 Å². The molecule has 1 N–H and O–H groups in total. The number of nitrogens with zero attached hydrogens (tertiary/aromatic N) is 3. The third-order valence-electron chi connectivity index (χ3n) is 3.58. The summed E-state index contributed by atoms with van der Waals surface area (Å²) in [5, 5.41) is 11.1. The Kier molecular flexibility index (Phi) is 4.73. The van der Waals surface area contributed by atoms with Crippen LogP contribution in [0, 0.1) is 20.8 Å². The average Bonchev–Trinajstić information content (AvgIpc) is 2.81. The van der Waals surface area contributed by atoms with E-state index in [-0.39, 0.29) is 5.91 Å². The van der Waals surface area contributed by atoms with E-state index in [2.05, 4.69) is 22.6 Å². The molecule has 0 saturated carbocycles. The van der Waals surface area contributed by atoms with Crippen molar-refractivity contribution < 1.29 is 4.79 Å². The van der Waals surface area contributed by atoms with Gasteiger partial charge in [0.2, 0.25) is 0 Å². The number of nitrogens with one attached hydrogen (secondary N) is 1. The molecule has 0 aliphatic heterocycles. The van der Waals surface area contributed by atoms with Crippen LogP contribution in [-0.2, 0) is 0 Å². The zero-order chi connectivity index (χ0) is 15.4. The summed E-state index contributed by atoms with van der Waals surface area (Å²) in [6, 6.07) is 6.08. The summed E-state index contributed by atoms with van der Waals surface area (Å²) < 4.78 is 1.75. The van der Waals surface area contributed by atoms with Gasteiger partial charge in [-0.25, -0.2) is 4.68 Å². The zero-order valence-electron chi connectivity index (χ0n) is 13.1. The standard InChI is InChI=1S/C16H22N4O/c1-5-6-10-17-16(21)14-13(4)20(19-18-14)15-11(2)8-7-9-12(15)3/h7-9H,5-6,10H2,1-4H3,(H,17,21). The molecule has 0 bridgehead atoms. The number of amides is 1. The number of aromatic nitrogens is 3. The predicted molar refractivity (Wildman–Crippen MR) is 82.8 cm³/mol. The first-order valence-electron chi connectivity index (χ1n) is 7.33. The van der Waals surface area contributed by atoms with Gasteiger partial charge in [-0.05, 0) is 38.3 Å². The topological polar surface area (TPSA) is 59.8 Å². The van der Waals surface area contributed by atoms with Crippen LogP contribution in [-0.4, -0.2) is 27.4 Å². The number of benzene rings is 1. The fraction of sp³-hybridized carbons (Fsp3) is 0.438. The molecule has 0 unspecified atom stereocenters. The molecular weight excluding hydrogens is 264 g/mol. The van der Waals surface area contributed by atoms with E-state index >= 15 is 0 Å². The van der Waals surface area contributed by atoms with Crippen molar-refractivity contribution in [3.8, 4) is 5.69 Å². The molecule has 1 aromatic heterocycles. The lowest BCUT2D eigenvalue weighted by atomic mass is 10.1. The van der Waals surface area contributed by atoms with Gasteiger partial charge in [-0.3, -0.25) is 4.79 Å². The zero-order valence-corrected chi connectivity index (χ0v) is 13.1. The van der Waals surface area contributed by atoms with Crippen LogP contribution in [0.15, 0.2) is 18.2 Å². The van der Waals surface area contributed by atoms with Gasteiger partial charge in [-0.1, -0.05) is 36.8 Å². The number of rotatable bonds is 5. The Labute approximate surface area is 125 Å². The minimum Gasteiger partial charge on any atom is -0.351 e. The second-order valence-electron chi connectivity index (χ2n) is 5.29. The van der Waals surface area contributed by atoms with E-state index in [0.29, 0.717) is 12.2 Å². The Morgan fingerprint density at radius 1 is 1.24 bits per heavy atom. The number of carbonyl (C=O) groups excluding carboxylic acids is 1. The van der Waals surface area contributed by atoms with Crippen molar-refractivity contribution in [3.63, 3.8) is 0 Å². The number of aryl methyl sites for hydroxylation is 2. The van der Waals surface area contributed by atoms with Gasteiger partial charge in [0.1, 0.15) is 0 Å². The molecule has 112 valence electrons. The summed E-state index contributed by atoms with van der Waals surface area (Å²) in [4.78, 5) is 12.1. The van der Waals surface area contributed by atoms with Crippen molar-refractivity contribution in [1.29, 1.82) is 0 Å². The summed E-state index contributed by atoms with van der Waals surface area (Å²) in [6.45, 7) is 8.70. The average molecular weight is 286 g/mol. The van der Waals surface area contributed by atoms with E-state index in [9.17, 15) is 4.79 Å². The molecule has 5 heteroatoms. The Morgan fingerprint density at radius 3 is 2.52 bits per heavy atom. The van der Waals surface area contributed by atoms with E-state index in [4.69, 9.17) is 0 Å². The second kappa shape index (κ2) is 6.52. The normalized spacial score (nSPS) is 10.7. The molecule has 2 aromatic rings. The van der Waals surface area contributed by atoms with Crippen LogP contribution in [0.3, 0.4) is 0 Å². The number of unbranched alkanes of at least 4 members (excludes halogenated alkanes) is 1. The molecule has 0 saturated heterocycles. The van der Waals surface area contributed by atoms with E-state index < -0.39 is 0 Å². The molecule has 1 amide bonds. The number of para-hydroxylation sites is 1. The van der Waals surface area contributed by atoms with Crippen LogP contribution in [0.25, 0.3) is 5.69 Å². The van der Waals surface area contributed by atoms with Crippen LogP contribution in [0.4, 0.5) is 0 Å². The molecule has 0 aliphatic rings. The van der Waals surface area contributed by atoms with Crippen LogP contribution >= 0.6 is 0 Å². The minimum atomic E-state index is -0.154. The fourth-order valence-corrected chi connectivity index (χ4v) is 2.35. The SMILES string of the molecule is CCCCNC(=O)c1nnn(-c2c(C)cccc2C)c1C. The molecule has 5 nitrogen and oxygen atoms in total. The maximum atomic E-state index is 12.1. The molecule has 1 heterocycles.